The van der Waals surface area contributed by atoms with Crippen LogP contribution in [0.1, 0.15) is 173 Å². The van der Waals surface area contributed by atoms with Gasteiger partial charge in [0, 0.05) is 26.7 Å². The Balaban J connectivity index is 0.000000299. The summed E-state index contributed by atoms with van der Waals surface area (Å²) in [6.45, 7) is 43.3. The molecule has 8 rings (SSSR count). The van der Waals surface area contributed by atoms with Gasteiger partial charge in [0.05, 0.1) is 19.3 Å². The van der Waals surface area contributed by atoms with Gasteiger partial charge in [-0.3, -0.25) is 0 Å². The van der Waals surface area contributed by atoms with Crippen LogP contribution in [0, 0.1) is 11.8 Å². The molecule has 2 aliphatic carbocycles. The number of ether oxygens (including phenoxy) is 12. The van der Waals surface area contributed by atoms with Crippen molar-refractivity contribution in [3.8, 4) is 34.5 Å². The molecule has 12 heteroatoms. The molecule has 5 unspecified atom stereocenters. The van der Waals surface area contributed by atoms with Crippen LogP contribution >= 0.6 is 0 Å². The maximum absolute atomic E-state index is 5.91. The lowest BCUT2D eigenvalue weighted by molar-refractivity contribution is -0.116. The summed E-state index contributed by atoms with van der Waals surface area (Å²) in [4.78, 5) is 0. The third-order valence-corrected chi connectivity index (χ3v) is 14.8. The van der Waals surface area contributed by atoms with Gasteiger partial charge in [0.15, 0.2) is 38.2 Å². The lowest BCUT2D eigenvalue weighted by Crippen LogP contribution is -2.26. The molecule has 6 aromatic rings. The molecule has 518 valence electrons. The Hall–Kier alpha value is -7.68. The van der Waals surface area contributed by atoms with Gasteiger partial charge < -0.3 is 56.8 Å². The van der Waals surface area contributed by atoms with E-state index in [1.54, 1.807) is 19.3 Å². The van der Waals surface area contributed by atoms with Crippen LogP contribution in [0.3, 0.4) is 0 Å². The molecule has 2 saturated carbocycles. The van der Waals surface area contributed by atoms with Crippen molar-refractivity contribution in [2.45, 2.75) is 177 Å². The lowest BCUT2D eigenvalue weighted by atomic mass is 9.87. The molecule has 95 heavy (non-hydrogen) atoms. The molecule has 5 atom stereocenters. The van der Waals surface area contributed by atoms with E-state index in [-0.39, 0.29) is 38.2 Å². The van der Waals surface area contributed by atoms with Crippen LogP contribution in [0.15, 0.2) is 185 Å². The first-order chi connectivity index (χ1) is 46.1. The SMILES string of the molecule is C=Cc1ccc(OC(C)OC2CCCCC2)cc1.C=Cc1ccc(OC(C)OCC(C)C)cc1.C=Cc1ccc(OC(C)OCC)cc1.C=Cc1ccc(OC(C)OCCC2CCCCC2)cc1.C=Cc1ccc(OC(CC)OCC)cc1.C=Cc1ccc(OCOC)cc1. The quantitative estimate of drug-likeness (QED) is 0.0366. The van der Waals surface area contributed by atoms with Crippen molar-refractivity contribution in [3.05, 3.63) is 218 Å². The largest absolute Gasteiger partial charge is 0.468 e. The van der Waals surface area contributed by atoms with Crippen LogP contribution in [0.2, 0.25) is 0 Å². The van der Waals surface area contributed by atoms with E-state index in [0.29, 0.717) is 31.8 Å². The van der Waals surface area contributed by atoms with Gasteiger partial charge in [-0.05, 0) is 179 Å². The Morgan fingerprint density at radius 1 is 0.379 bits per heavy atom. The van der Waals surface area contributed by atoms with E-state index in [4.69, 9.17) is 56.8 Å². The van der Waals surface area contributed by atoms with Crippen molar-refractivity contribution in [1.29, 1.82) is 0 Å². The Kier molecular flexibility index (Phi) is 43.5. The van der Waals surface area contributed by atoms with Crippen LogP contribution in [-0.2, 0) is 28.4 Å². The Morgan fingerprint density at radius 3 is 1.04 bits per heavy atom. The molecule has 2 aliphatic rings. The van der Waals surface area contributed by atoms with Crippen molar-refractivity contribution >= 4 is 36.5 Å². The van der Waals surface area contributed by atoms with E-state index in [1.165, 1.54) is 70.6 Å². The monoisotopic (exact) mass is 1300 g/mol. The number of rotatable bonds is 33. The maximum atomic E-state index is 5.91. The van der Waals surface area contributed by atoms with E-state index in [1.807, 2.05) is 218 Å². The second-order valence-corrected chi connectivity index (χ2v) is 23.1. The molecule has 0 spiro atoms. The summed E-state index contributed by atoms with van der Waals surface area (Å²) < 4.78 is 66.1. The molecule has 12 nitrogen and oxygen atoms in total. The molecule has 0 aromatic heterocycles. The number of hydrogen-bond acceptors (Lipinski definition) is 12. The van der Waals surface area contributed by atoms with Gasteiger partial charge in [-0.25, -0.2) is 0 Å². The first-order valence-electron chi connectivity index (χ1n) is 34.0. The van der Waals surface area contributed by atoms with Crippen molar-refractivity contribution in [1.82, 2.24) is 0 Å². The molecule has 0 bridgehead atoms. The molecule has 0 heterocycles. The first-order valence-corrected chi connectivity index (χ1v) is 34.0. The van der Waals surface area contributed by atoms with Crippen molar-refractivity contribution in [2.24, 2.45) is 11.8 Å². The van der Waals surface area contributed by atoms with E-state index < -0.39 is 0 Å². The minimum atomic E-state index is -0.211. The van der Waals surface area contributed by atoms with E-state index >= 15 is 0 Å². The van der Waals surface area contributed by atoms with Crippen molar-refractivity contribution in [2.75, 3.05) is 40.3 Å². The lowest BCUT2D eigenvalue weighted by Gasteiger charge is -2.26. The van der Waals surface area contributed by atoms with Gasteiger partial charge in [-0.1, -0.05) is 221 Å². The Labute approximate surface area is 572 Å². The van der Waals surface area contributed by atoms with E-state index in [0.717, 1.165) is 86.8 Å². The average Bonchev–Trinajstić information content (AvgIpc) is 2.30. The maximum Gasteiger partial charge on any atom is 0.199 e. The van der Waals surface area contributed by atoms with Crippen LogP contribution in [0.5, 0.6) is 34.5 Å². The summed E-state index contributed by atoms with van der Waals surface area (Å²) >= 11 is 0. The highest BCUT2D eigenvalue weighted by Crippen LogP contribution is 2.27. The van der Waals surface area contributed by atoms with Crippen LogP contribution in [0.25, 0.3) is 36.5 Å². The van der Waals surface area contributed by atoms with E-state index in [9.17, 15) is 0 Å². The molecule has 0 amide bonds. The third-order valence-electron chi connectivity index (χ3n) is 14.8. The van der Waals surface area contributed by atoms with Crippen molar-refractivity contribution in [3.63, 3.8) is 0 Å². The summed E-state index contributed by atoms with van der Waals surface area (Å²) in [5, 5.41) is 0. The van der Waals surface area contributed by atoms with E-state index in [2.05, 4.69) is 53.3 Å². The standard InChI is InChI=1S/C18H26O2.C16H22O2.C14H20O2.C13H18O2.C12H16O2.C10H12O2/c1-3-16-9-11-18(12-10-16)20-15(2)19-14-13-17-7-5-4-6-8-17;1-3-14-9-11-16(12-10-14)18-13(2)17-15-7-5-4-6-8-15;1-5-13-6-8-14(9-7-13)16-12(4)15-10-11(2)3;1-4-11-7-9-12(10-8-11)15-13(5-2)14-6-3;1-4-11-6-8-12(9-7-11)14-10(3)13-5-2;1-3-9-4-6-10(7-5-9)12-8-11-2/h3,9-12,15,17H,1,4-8,13-14H2,2H3;3,9-13,15H,1,4-8H2,2H3;5-9,11-12H,1,10H2,2-4H3;4,7-10,13H,1,5-6H2,2-3H3;4,6-10H,1,5H2,2-3H3;3-7H,1,8H2,2H3. The summed E-state index contributed by atoms with van der Waals surface area (Å²) in [5.41, 5.74) is 6.54. The zero-order valence-electron chi connectivity index (χ0n) is 59.1. The smallest absolute Gasteiger partial charge is 0.199 e. The predicted octanol–water partition coefficient (Wildman–Crippen LogP) is 22.1. The summed E-state index contributed by atoms with van der Waals surface area (Å²) in [5.74, 6) is 6.36. The van der Waals surface area contributed by atoms with Crippen LogP contribution in [0.4, 0.5) is 0 Å². The second-order valence-electron chi connectivity index (χ2n) is 23.1. The first kappa shape index (κ1) is 81.6. The van der Waals surface area contributed by atoms with Gasteiger partial charge >= 0.3 is 0 Å². The highest BCUT2D eigenvalue weighted by Gasteiger charge is 2.18. The normalized spacial score (nSPS) is 14.2. The Bertz CT molecular complexity index is 2910. The highest BCUT2D eigenvalue weighted by molar-refractivity contribution is 5.52. The molecular formula is C83H114O12. The Morgan fingerprint density at radius 2 is 0.705 bits per heavy atom. The minimum absolute atomic E-state index is 0.149. The molecular weight excluding hydrogens is 1190 g/mol. The average molecular weight is 1300 g/mol. The zero-order chi connectivity index (χ0) is 69.3. The molecule has 0 saturated heterocycles. The number of hydrogen-bond donors (Lipinski definition) is 0. The second kappa shape index (κ2) is 50.7. The van der Waals surface area contributed by atoms with Gasteiger partial charge in [-0.15, -0.1) is 0 Å². The zero-order valence-corrected chi connectivity index (χ0v) is 59.1. The topological polar surface area (TPSA) is 111 Å². The summed E-state index contributed by atoms with van der Waals surface area (Å²) in [6, 6.07) is 46.8. The predicted molar refractivity (Wildman–Crippen MR) is 396 cm³/mol. The fourth-order valence-electron chi connectivity index (χ4n) is 9.62. The molecule has 0 N–H and O–H groups in total. The van der Waals surface area contributed by atoms with Crippen molar-refractivity contribution < 1.29 is 56.8 Å². The number of benzene rings is 6. The molecule has 2 fully saturated rings. The fraction of sp³-hybridized carbons (Fsp3) is 0.422. The summed E-state index contributed by atoms with van der Waals surface area (Å²) in [6.07, 6.45) is 25.5. The highest BCUT2D eigenvalue weighted by atomic mass is 16.7. The van der Waals surface area contributed by atoms with Gasteiger partial charge in [0.1, 0.15) is 34.5 Å². The molecule has 0 aliphatic heterocycles. The minimum Gasteiger partial charge on any atom is -0.468 e. The number of methoxy groups -OCH3 is 1. The van der Waals surface area contributed by atoms with Gasteiger partial charge in [0.2, 0.25) is 0 Å². The van der Waals surface area contributed by atoms with Gasteiger partial charge in [0.25, 0.3) is 0 Å². The third kappa shape index (κ3) is 37.9. The summed E-state index contributed by atoms with van der Waals surface area (Å²) in [7, 11) is 1.60. The molecule has 0 radical (unpaired) electrons. The fourth-order valence-corrected chi connectivity index (χ4v) is 9.62. The van der Waals surface area contributed by atoms with Gasteiger partial charge in [-0.2, -0.15) is 0 Å². The van der Waals surface area contributed by atoms with Crippen LogP contribution in [-0.4, -0.2) is 77.9 Å². The molecule has 6 aromatic carbocycles. The van der Waals surface area contributed by atoms with Crippen LogP contribution < -0.4 is 28.4 Å².